The zero-order valence-corrected chi connectivity index (χ0v) is 14.7. The summed E-state index contributed by atoms with van der Waals surface area (Å²) in [7, 11) is 0. The smallest absolute Gasteiger partial charge is 0.260 e. The quantitative estimate of drug-likeness (QED) is 0.523. The number of nitriles is 1. The van der Waals surface area contributed by atoms with Crippen LogP contribution in [0.25, 0.3) is 0 Å². The summed E-state index contributed by atoms with van der Waals surface area (Å²) in [6, 6.07) is 12.0. The van der Waals surface area contributed by atoms with E-state index in [4.69, 9.17) is 5.26 Å². The molecule has 0 saturated heterocycles. The molecule has 0 bridgehead atoms. The first-order valence-electron chi connectivity index (χ1n) is 7.27. The number of nitrogens with zero attached hydrogens (tertiary/aromatic N) is 3. The van der Waals surface area contributed by atoms with Gasteiger partial charge in [0.2, 0.25) is 5.13 Å². The lowest BCUT2D eigenvalue weighted by Crippen LogP contribution is -2.13. The van der Waals surface area contributed by atoms with E-state index in [2.05, 4.69) is 21.6 Å². The number of thioether (sulfide) groups is 1. The van der Waals surface area contributed by atoms with Crippen LogP contribution in [-0.2, 0) is 5.75 Å². The van der Waals surface area contributed by atoms with Gasteiger partial charge in [-0.15, -0.1) is 10.2 Å². The van der Waals surface area contributed by atoms with Crippen LogP contribution in [0.2, 0.25) is 0 Å². The molecule has 3 aromatic rings. The molecule has 26 heavy (non-hydrogen) atoms. The molecule has 0 fully saturated rings. The first-order chi connectivity index (χ1) is 12.5. The van der Waals surface area contributed by atoms with E-state index in [-0.39, 0.29) is 10.7 Å². The van der Waals surface area contributed by atoms with Gasteiger partial charge < -0.3 is 0 Å². The molecule has 0 aliphatic heterocycles. The molecule has 9 heteroatoms. The minimum atomic E-state index is -0.942. The summed E-state index contributed by atoms with van der Waals surface area (Å²) in [5.74, 6) is -1.79. The lowest BCUT2D eigenvalue weighted by Gasteiger charge is -2.02. The number of carbonyl (C=O) groups excluding carboxylic acids is 1. The van der Waals surface area contributed by atoms with Crippen LogP contribution in [0.15, 0.2) is 46.8 Å². The van der Waals surface area contributed by atoms with E-state index in [1.54, 1.807) is 12.1 Å². The van der Waals surface area contributed by atoms with Crippen LogP contribution in [0.3, 0.4) is 0 Å². The van der Waals surface area contributed by atoms with E-state index in [1.807, 2.05) is 12.1 Å². The predicted octanol–water partition coefficient (Wildman–Crippen LogP) is 4.23. The van der Waals surface area contributed by atoms with Gasteiger partial charge in [-0.2, -0.15) is 5.26 Å². The zero-order chi connectivity index (χ0) is 18.5. The molecule has 0 unspecified atom stereocenters. The van der Waals surface area contributed by atoms with Crippen molar-refractivity contribution in [2.24, 2.45) is 0 Å². The number of amides is 1. The van der Waals surface area contributed by atoms with Crippen molar-refractivity contribution in [3.05, 3.63) is 70.8 Å². The molecule has 5 nitrogen and oxygen atoms in total. The Kier molecular flexibility index (Phi) is 5.55. The summed E-state index contributed by atoms with van der Waals surface area (Å²) < 4.78 is 27.1. The second kappa shape index (κ2) is 8.03. The van der Waals surface area contributed by atoms with Crippen LogP contribution in [0.5, 0.6) is 0 Å². The average molecular weight is 388 g/mol. The van der Waals surface area contributed by atoms with Crippen molar-refractivity contribution in [3.8, 4) is 6.07 Å². The van der Waals surface area contributed by atoms with Gasteiger partial charge in [0.05, 0.1) is 17.2 Å². The van der Waals surface area contributed by atoms with Gasteiger partial charge >= 0.3 is 0 Å². The number of hydrogen-bond acceptors (Lipinski definition) is 6. The molecule has 0 spiro atoms. The van der Waals surface area contributed by atoms with Gasteiger partial charge in [0, 0.05) is 11.8 Å². The van der Waals surface area contributed by atoms with Gasteiger partial charge in [-0.05, 0) is 29.8 Å². The first-order valence-corrected chi connectivity index (χ1v) is 9.07. The van der Waals surface area contributed by atoms with Crippen LogP contribution in [0.4, 0.5) is 13.9 Å². The maximum atomic E-state index is 13.6. The molecule has 1 amide bonds. The highest BCUT2D eigenvalue weighted by Gasteiger charge is 2.15. The highest BCUT2D eigenvalue weighted by atomic mass is 32.2. The van der Waals surface area contributed by atoms with Crippen LogP contribution in [-0.4, -0.2) is 16.1 Å². The Labute approximate surface area is 155 Å². The summed E-state index contributed by atoms with van der Waals surface area (Å²) in [5, 5.41) is 19.2. The largest absolute Gasteiger partial charge is 0.296 e. The summed E-state index contributed by atoms with van der Waals surface area (Å²) in [5.41, 5.74) is 1.34. The molecule has 1 aromatic heterocycles. The van der Waals surface area contributed by atoms with Gasteiger partial charge in [0.1, 0.15) is 11.6 Å². The normalized spacial score (nSPS) is 10.3. The van der Waals surface area contributed by atoms with Gasteiger partial charge in [0.25, 0.3) is 5.91 Å². The Bertz CT molecular complexity index is 983. The number of nitrogens with one attached hydrogen (secondary N) is 1. The number of hydrogen-bond donors (Lipinski definition) is 1. The molecular formula is C17H10F2N4OS2. The lowest BCUT2D eigenvalue weighted by molar-refractivity contribution is 0.102. The van der Waals surface area contributed by atoms with E-state index in [0.29, 0.717) is 21.7 Å². The second-order valence-electron chi connectivity index (χ2n) is 5.05. The molecule has 0 aliphatic rings. The average Bonchev–Trinajstić information content (AvgIpc) is 3.07. The number of benzene rings is 2. The topological polar surface area (TPSA) is 78.7 Å². The van der Waals surface area contributed by atoms with Crippen LogP contribution in [0, 0.1) is 23.0 Å². The highest BCUT2D eigenvalue weighted by molar-refractivity contribution is 8.00. The van der Waals surface area contributed by atoms with Gasteiger partial charge in [0.15, 0.2) is 4.34 Å². The van der Waals surface area contributed by atoms with Crippen molar-refractivity contribution >= 4 is 34.1 Å². The molecular weight excluding hydrogens is 378 g/mol. The molecule has 130 valence electrons. The third kappa shape index (κ3) is 4.41. The van der Waals surface area contributed by atoms with Crippen molar-refractivity contribution in [1.29, 1.82) is 5.26 Å². The lowest BCUT2D eigenvalue weighted by atomic mass is 10.2. The standard InChI is InChI=1S/C17H10F2N4OS2/c18-12-5-6-13(14(19)7-12)15(24)21-16-22-23-17(26-16)25-9-11-3-1-10(8-20)2-4-11/h1-7H,9H2,(H,21,22,24). The molecule has 2 aromatic carbocycles. The van der Waals surface area contributed by atoms with E-state index >= 15 is 0 Å². The van der Waals surface area contributed by atoms with Crippen LogP contribution >= 0.6 is 23.1 Å². The maximum absolute atomic E-state index is 13.6. The minimum absolute atomic E-state index is 0.223. The van der Waals surface area contributed by atoms with E-state index in [9.17, 15) is 13.6 Å². The molecule has 0 saturated carbocycles. The molecule has 1 N–H and O–H groups in total. The number of carbonyl (C=O) groups is 1. The minimum Gasteiger partial charge on any atom is -0.296 e. The first kappa shape index (κ1) is 18.0. The fraction of sp³-hybridized carbons (Fsp3) is 0.0588. The van der Waals surface area contributed by atoms with E-state index in [0.717, 1.165) is 29.0 Å². The Balaban J connectivity index is 1.60. The fourth-order valence-electron chi connectivity index (χ4n) is 1.98. The summed E-state index contributed by atoms with van der Waals surface area (Å²) >= 11 is 2.57. The summed E-state index contributed by atoms with van der Waals surface area (Å²) in [6.07, 6.45) is 0. The molecule has 0 aliphatic carbocycles. The van der Waals surface area contributed by atoms with Gasteiger partial charge in [-0.3, -0.25) is 10.1 Å². The van der Waals surface area contributed by atoms with Gasteiger partial charge in [-0.25, -0.2) is 8.78 Å². The molecule has 1 heterocycles. The van der Waals surface area contributed by atoms with Crippen molar-refractivity contribution in [2.75, 3.05) is 5.32 Å². The number of aromatic nitrogens is 2. The third-order valence-electron chi connectivity index (χ3n) is 3.25. The SMILES string of the molecule is N#Cc1ccc(CSc2nnc(NC(=O)c3ccc(F)cc3F)s2)cc1. The Morgan fingerprint density at radius 2 is 1.96 bits per heavy atom. The van der Waals surface area contributed by atoms with Crippen molar-refractivity contribution in [2.45, 2.75) is 10.1 Å². The summed E-state index contributed by atoms with van der Waals surface area (Å²) in [6.45, 7) is 0. The number of halogens is 2. The number of anilines is 1. The van der Waals surface area contributed by atoms with Gasteiger partial charge in [-0.1, -0.05) is 35.2 Å². The van der Waals surface area contributed by atoms with E-state index < -0.39 is 17.5 Å². The third-order valence-corrected chi connectivity index (χ3v) is 5.29. The Morgan fingerprint density at radius 3 is 2.65 bits per heavy atom. The van der Waals surface area contributed by atoms with Crippen LogP contribution < -0.4 is 5.32 Å². The highest BCUT2D eigenvalue weighted by Crippen LogP contribution is 2.28. The molecule has 0 atom stereocenters. The predicted molar refractivity (Wildman–Crippen MR) is 94.9 cm³/mol. The Morgan fingerprint density at radius 1 is 1.19 bits per heavy atom. The molecule has 0 radical (unpaired) electrons. The monoisotopic (exact) mass is 388 g/mol. The van der Waals surface area contributed by atoms with Crippen molar-refractivity contribution in [1.82, 2.24) is 10.2 Å². The van der Waals surface area contributed by atoms with E-state index in [1.165, 1.54) is 11.8 Å². The Hall–Kier alpha value is -2.83. The maximum Gasteiger partial charge on any atom is 0.260 e. The second-order valence-corrected chi connectivity index (χ2v) is 7.25. The van der Waals surface area contributed by atoms with Crippen molar-refractivity contribution < 1.29 is 13.6 Å². The summed E-state index contributed by atoms with van der Waals surface area (Å²) in [4.78, 5) is 12.0. The molecule has 3 rings (SSSR count). The van der Waals surface area contributed by atoms with Crippen LogP contribution in [0.1, 0.15) is 21.5 Å². The van der Waals surface area contributed by atoms with Crippen molar-refractivity contribution in [3.63, 3.8) is 0 Å². The number of rotatable bonds is 5. The fourth-order valence-corrected chi connectivity index (χ4v) is 3.68. The zero-order valence-electron chi connectivity index (χ0n) is 13.1.